The summed E-state index contributed by atoms with van der Waals surface area (Å²) in [6.45, 7) is 3.38. The van der Waals surface area contributed by atoms with Crippen LogP contribution < -0.4 is 5.73 Å². The van der Waals surface area contributed by atoms with Crippen molar-refractivity contribution in [2.45, 2.75) is 32.3 Å². The van der Waals surface area contributed by atoms with Gasteiger partial charge in [0, 0.05) is 4.47 Å². The Morgan fingerprint density at radius 3 is 2.70 bits per heavy atom. The molecule has 0 aromatic heterocycles. The molecule has 1 saturated heterocycles. The van der Waals surface area contributed by atoms with Crippen LogP contribution in [0.15, 0.2) is 33.9 Å². The second-order valence-electron chi connectivity index (χ2n) is 5.18. The normalized spacial score (nSPS) is 17.8. The topological polar surface area (TPSA) is 50.8 Å². The zero-order valence-electron chi connectivity index (χ0n) is 11.7. The molecule has 0 saturated carbocycles. The van der Waals surface area contributed by atoms with E-state index in [1.165, 1.54) is 25.7 Å². The van der Waals surface area contributed by atoms with Gasteiger partial charge in [-0.15, -0.1) is 0 Å². The van der Waals surface area contributed by atoms with Crippen molar-refractivity contribution in [1.29, 1.82) is 0 Å². The van der Waals surface area contributed by atoms with E-state index < -0.39 is 0 Å². The first kappa shape index (κ1) is 15.3. The Morgan fingerprint density at radius 2 is 2.00 bits per heavy atom. The highest BCUT2D eigenvalue weighted by Crippen LogP contribution is 2.12. The predicted octanol–water partition coefficient (Wildman–Crippen LogP) is 3.11. The van der Waals surface area contributed by atoms with Gasteiger partial charge in [-0.25, -0.2) is 0 Å². The number of benzene rings is 1. The molecule has 0 radical (unpaired) electrons. The number of amidine groups is 1. The van der Waals surface area contributed by atoms with Crippen molar-refractivity contribution >= 4 is 21.8 Å². The van der Waals surface area contributed by atoms with E-state index in [0.29, 0.717) is 19.0 Å². The number of hydrogen-bond donors (Lipinski definition) is 1. The van der Waals surface area contributed by atoms with Crippen molar-refractivity contribution < 1.29 is 4.84 Å². The number of oxime groups is 1. The van der Waals surface area contributed by atoms with Gasteiger partial charge in [0.1, 0.15) is 6.61 Å². The molecule has 1 aromatic carbocycles. The fourth-order valence-corrected chi connectivity index (χ4v) is 2.82. The molecule has 1 aliphatic rings. The molecule has 1 aromatic rings. The van der Waals surface area contributed by atoms with Gasteiger partial charge in [0.25, 0.3) is 0 Å². The predicted molar refractivity (Wildman–Crippen MR) is 85.5 cm³/mol. The molecule has 4 nitrogen and oxygen atoms in total. The van der Waals surface area contributed by atoms with Crippen molar-refractivity contribution in [3.8, 4) is 0 Å². The maximum atomic E-state index is 5.92. The first-order chi connectivity index (χ1) is 9.74. The SMILES string of the molecule is NC(CN1CCCCCC1)=NOCc1cccc(Br)c1. The van der Waals surface area contributed by atoms with Crippen molar-refractivity contribution in [1.82, 2.24) is 4.90 Å². The third-order valence-corrected chi connectivity index (χ3v) is 3.88. The van der Waals surface area contributed by atoms with Crippen molar-refractivity contribution in [2.75, 3.05) is 19.6 Å². The van der Waals surface area contributed by atoms with Gasteiger partial charge in [0.2, 0.25) is 0 Å². The van der Waals surface area contributed by atoms with Gasteiger partial charge in [-0.05, 0) is 43.6 Å². The van der Waals surface area contributed by atoms with Crippen LogP contribution in [0.1, 0.15) is 31.2 Å². The van der Waals surface area contributed by atoms with Gasteiger partial charge >= 0.3 is 0 Å². The maximum absolute atomic E-state index is 5.92. The van der Waals surface area contributed by atoms with Crippen LogP contribution in [-0.4, -0.2) is 30.4 Å². The number of rotatable bonds is 5. The first-order valence-corrected chi connectivity index (χ1v) is 7.94. The van der Waals surface area contributed by atoms with Gasteiger partial charge in [-0.1, -0.05) is 46.1 Å². The van der Waals surface area contributed by atoms with Crippen LogP contribution in [0.5, 0.6) is 0 Å². The summed E-state index contributed by atoms with van der Waals surface area (Å²) in [5, 5.41) is 4.01. The molecule has 2 N–H and O–H groups in total. The number of likely N-dealkylation sites (tertiary alicyclic amines) is 1. The van der Waals surface area contributed by atoms with Crippen LogP contribution in [0, 0.1) is 0 Å². The van der Waals surface area contributed by atoms with Gasteiger partial charge in [-0.3, -0.25) is 4.90 Å². The molecule has 1 heterocycles. The summed E-state index contributed by atoms with van der Waals surface area (Å²) in [7, 11) is 0. The first-order valence-electron chi connectivity index (χ1n) is 7.15. The van der Waals surface area contributed by atoms with Crippen LogP contribution in [0.4, 0.5) is 0 Å². The monoisotopic (exact) mass is 339 g/mol. The molecule has 1 fully saturated rings. The molecular weight excluding hydrogens is 318 g/mol. The number of nitrogens with two attached hydrogens (primary N) is 1. The summed E-state index contributed by atoms with van der Waals surface area (Å²) in [6.07, 6.45) is 5.16. The van der Waals surface area contributed by atoms with Gasteiger partial charge in [-0.2, -0.15) is 0 Å². The highest BCUT2D eigenvalue weighted by atomic mass is 79.9. The maximum Gasteiger partial charge on any atom is 0.153 e. The van der Waals surface area contributed by atoms with Crippen molar-refractivity contribution in [3.63, 3.8) is 0 Å². The molecule has 0 bridgehead atoms. The lowest BCUT2D eigenvalue weighted by Gasteiger charge is -2.18. The largest absolute Gasteiger partial charge is 0.389 e. The molecule has 0 amide bonds. The summed E-state index contributed by atoms with van der Waals surface area (Å²) in [5.74, 6) is 0.557. The van der Waals surface area contributed by atoms with E-state index >= 15 is 0 Å². The summed E-state index contributed by atoms with van der Waals surface area (Å²) in [4.78, 5) is 7.68. The Hall–Kier alpha value is -1.07. The van der Waals surface area contributed by atoms with Crippen LogP contribution in [0.25, 0.3) is 0 Å². The Balaban J connectivity index is 1.75. The average molecular weight is 340 g/mol. The molecule has 20 heavy (non-hydrogen) atoms. The van der Waals surface area contributed by atoms with Crippen LogP contribution >= 0.6 is 15.9 Å². The van der Waals surface area contributed by atoms with Crippen molar-refractivity contribution in [2.24, 2.45) is 10.9 Å². The molecular formula is C15H22BrN3O. The standard InChI is InChI=1S/C15H22BrN3O/c16-14-7-5-6-13(10-14)12-20-18-15(17)11-19-8-3-1-2-4-9-19/h5-7,10H,1-4,8-9,11-12H2,(H2,17,18). The minimum atomic E-state index is 0.445. The fraction of sp³-hybridized carbons (Fsp3) is 0.533. The van der Waals surface area contributed by atoms with E-state index in [0.717, 1.165) is 23.1 Å². The van der Waals surface area contributed by atoms with E-state index in [2.05, 4.69) is 26.0 Å². The Bertz CT molecular complexity index is 442. The fourth-order valence-electron chi connectivity index (χ4n) is 2.37. The molecule has 5 heteroatoms. The lowest BCUT2D eigenvalue weighted by Crippen LogP contribution is -2.34. The second-order valence-corrected chi connectivity index (χ2v) is 6.09. The third-order valence-electron chi connectivity index (χ3n) is 3.39. The molecule has 0 spiro atoms. The molecule has 2 rings (SSSR count). The van der Waals surface area contributed by atoms with E-state index in [-0.39, 0.29) is 0 Å². The quantitative estimate of drug-likeness (QED) is 0.509. The zero-order chi connectivity index (χ0) is 14.2. The Morgan fingerprint density at radius 1 is 1.25 bits per heavy atom. The number of nitrogens with zero attached hydrogens (tertiary/aromatic N) is 2. The molecule has 1 aliphatic heterocycles. The van der Waals surface area contributed by atoms with E-state index in [9.17, 15) is 0 Å². The molecule has 0 aliphatic carbocycles. The Labute approximate surface area is 129 Å². The average Bonchev–Trinajstić information content (AvgIpc) is 2.67. The smallest absolute Gasteiger partial charge is 0.153 e. The minimum Gasteiger partial charge on any atom is -0.389 e. The van der Waals surface area contributed by atoms with Gasteiger partial charge < -0.3 is 10.6 Å². The van der Waals surface area contributed by atoms with E-state index in [1.807, 2.05) is 24.3 Å². The minimum absolute atomic E-state index is 0.445. The number of halogens is 1. The van der Waals surface area contributed by atoms with Crippen LogP contribution in [0.3, 0.4) is 0 Å². The lowest BCUT2D eigenvalue weighted by molar-refractivity contribution is 0.128. The second kappa shape index (κ2) is 8.27. The molecule has 0 unspecified atom stereocenters. The molecule has 0 atom stereocenters. The third kappa shape index (κ3) is 5.51. The highest BCUT2D eigenvalue weighted by Gasteiger charge is 2.10. The lowest BCUT2D eigenvalue weighted by atomic mass is 10.2. The Kier molecular flexibility index (Phi) is 6.33. The van der Waals surface area contributed by atoms with Crippen molar-refractivity contribution in [3.05, 3.63) is 34.3 Å². The number of hydrogen-bond acceptors (Lipinski definition) is 3. The van der Waals surface area contributed by atoms with Gasteiger partial charge in [0.15, 0.2) is 5.84 Å². The highest BCUT2D eigenvalue weighted by molar-refractivity contribution is 9.10. The van der Waals surface area contributed by atoms with Gasteiger partial charge in [0.05, 0.1) is 6.54 Å². The van der Waals surface area contributed by atoms with E-state index in [4.69, 9.17) is 10.6 Å². The summed E-state index contributed by atoms with van der Waals surface area (Å²) in [6, 6.07) is 7.99. The summed E-state index contributed by atoms with van der Waals surface area (Å²) < 4.78 is 1.04. The zero-order valence-corrected chi connectivity index (χ0v) is 13.3. The summed E-state index contributed by atoms with van der Waals surface area (Å²) in [5.41, 5.74) is 7.00. The van der Waals surface area contributed by atoms with Crippen LogP contribution in [-0.2, 0) is 11.4 Å². The van der Waals surface area contributed by atoms with E-state index in [1.54, 1.807) is 0 Å². The summed E-state index contributed by atoms with van der Waals surface area (Å²) >= 11 is 3.43. The van der Waals surface area contributed by atoms with Crippen LogP contribution in [0.2, 0.25) is 0 Å². The molecule has 110 valence electrons.